The van der Waals surface area contributed by atoms with Crippen LogP contribution in [0.15, 0.2) is 18.2 Å². The molecule has 0 aliphatic carbocycles. The van der Waals surface area contributed by atoms with Gasteiger partial charge in [0, 0.05) is 12.6 Å². The molecule has 0 saturated carbocycles. The fraction of sp³-hybridized carbons (Fsp3) is 0.364. The number of ether oxygens (including phenoxy) is 1. The number of carboxylic acids is 1. The van der Waals surface area contributed by atoms with Gasteiger partial charge in [-0.3, -0.25) is 0 Å². The van der Waals surface area contributed by atoms with E-state index in [9.17, 15) is 9.18 Å². The Bertz CT molecular complexity index is 379. The van der Waals surface area contributed by atoms with E-state index in [4.69, 9.17) is 9.84 Å². The summed E-state index contributed by atoms with van der Waals surface area (Å²) < 4.78 is 18.1. The first-order valence-corrected chi connectivity index (χ1v) is 4.81. The monoisotopic (exact) mass is 227 g/mol. The average Bonchev–Trinajstić information content (AvgIpc) is 2.16. The smallest absolute Gasteiger partial charge is 0.339 e. The SMILES string of the molecule is CN(C)CCOc1cc(F)ccc1C(=O)O. The molecule has 0 fully saturated rings. The molecule has 4 nitrogen and oxygen atoms in total. The molecule has 0 aliphatic heterocycles. The molecule has 0 atom stereocenters. The third kappa shape index (κ3) is 3.51. The predicted octanol–water partition coefficient (Wildman–Crippen LogP) is 1.46. The van der Waals surface area contributed by atoms with Gasteiger partial charge in [0.2, 0.25) is 0 Å². The Hall–Kier alpha value is -1.62. The zero-order chi connectivity index (χ0) is 12.1. The number of hydrogen-bond donors (Lipinski definition) is 1. The summed E-state index contributed by atoms with van der Waals surface area (Å²) in [6, 6.07) is 3.38. The minimum Gasteiger partial charge on any atom is -0.491 e. The molecule has 88 valence electrons. The number of carboxylic acid groups (broad SMARTS) is 1. The molecule has 0 saturated heterocycles. The average molecular weight is 227 g/mol. The summed E-state index contributed by atoms with van der Waals surface area (Å²) in [6.45, 7) is 0.951. The quantitative estimate of drug-likeness (QED) is 0.827. The van der Waals surface area contributed by atoms with Crippen LogP contribution in [0.3, 0.4) is 0 Å². The van der Waals surface area contributed by atoms with Gasteiger partial charge in [-0.2, -0.15) is 0 Å². The molecule has 0 aromatic heterocycles. The molecule has 0 unspecified atom stereocenters. The third-order valence-electron chi connectivity index (χ3n) is 1.97. The molecule has 5 heteroatoms. The van der Waals surface area contributed by atoms with Crippen molar-refractivity contribution >= 4 is 5.97 Å². The van der Waals surface area contributed by atoms with Crippen molar-refractivity contribution in [2.75, 3.05) is 27.2 Å². The molecule has 0 amide bonds. The van der Waals surface area contributed by atoms with Crippen LogP contribution in [0.4, 0.5) is 4.39 Å². The number of aromatic carboxylic acids is 1. The van der Waals surface area contributed by atoms with E-state index in [0.29, 0.717) is 13.2 Å². The molecule has 1 aromatic carbocycles. The molecule has 1 N–H and O–H groups in total. The number of benzene rings is 1. The topological polar surface area (TPSA) is 49.8 Å². The van der Waals surface area contributed by atoms with E-state index in [1.165, 1.54) is 6.07 Å². The Labute approximate surface area is 93.3 Å². The van der Waals surface area contributed by atoms with Crippen LogP contribution < -0.4 is 4.74 Å². The summed E-state index contributed by atoms with van der Waals surface area (Å²) in [6.07, 6.45) is 0. The number of hydrogen-bond acceptors (Lipinski definition) is 3. The van der Waals surface area contributed by atoms with Crippen LogP contribution in [-0.4, -0.2) is 43.2 Å². The molecule has 1 rings (SSSR count). The minimum atomic E-state index is -1.13. The fourth-order valence-electron chi connectivity index (χ4n) is 1.13. The zero-order valence-corrected chi connectivity index (χ0v) is 9.24. The summed E-state index contributed by atoms with van der Waals surface area (Å²) in [4.78, 5) is 12.7. The molecule has 0 heterocycles. The largest absolute Gasteiger partial charge is 0.491 e. The van der Waals surface area contributed by atoms with Crippen LogP contribution in [-0.2, 0) is 0 Å². The van der Waals surface area contributed by atoms with Gasteiger partial charge in [-0.25, -0.2) is 9.18 Å². The summed E-state index contributed by atoms with van der Waals surface area (Å²) in [7, 11) is 3.74. The van der Waals surface area contributed by atoms with Crippen molar-refractivity contribution in [3.8, 4) is 5.75 Å². The maximum atomic E-state index is 12.9. The number of halogens is 1. The van der Waals surface area contributed by atoms with Crippen molar-refractivity contribution in [1.82, 2.24) is 4.90 Å². The lowest BCUT2D eigenvalue weighted by Gasteiger charge is -2.12. The Morgan fingerprint density at radius 3 is 2.75 bits per heavy atom. The van der Waals surface area contributed by atoms with Crippen molar-refractivity contribution in [2.24, 2.45) is 0 Å². The van der Waals surface area contributed by atoms with E-state index in [2.05, 4.69) is 0 Å². The number of rotatable bonds is 5. The lowest BCUT2D eigenvalue weighted by atomic mass is 10.2. The van der Waals surface area contributed by atoms with Gasteiger partial charge in [-0.1, -0.05) is 0 Å². The van der Waals surface area contributed by atoms with E-state index < -0.39 is 11.8 Å². The lowest BCUT2D eigenvalue weighted by Crippen LogP contribution is -2.20. The summed E-state index contributed by atoms with van der Waals surface area (Å²) >= 11 is 0. The van der Waals surface area contributed by atoms with Crippen molar-refractivity contribution in [3.63, 3.8) is 0 Å². The lowest BCUT2D eigenvalue weighted by molar-refractivity contribution is 0.0692. The van der Waals surface area contributed by atoms with Gasteiger partial charge in [0.05, 0.1) is 0 Å². The molecule has 0 spiro atoms. The Balaban J connectivity index is 2.76. The normalized spacial score (nSPS) is 10.5. The summed E-state index contributed by atoms with van der Waals surface area (Å²) in [5, 5.41) is 8.85. The van der Waals surface area contributed by atoms with E-state index in [1.807, 2.05) is 19.0 Å². The second-order valence-electron chi connectivity index (χ2n) is 3.60. The standard InChI is InChI=1S/C11H14FNO3/c1-13(2)5-6-16-10-7-8(12)3-4-9(10)11(14)15/h3-4,7H,5-6H2,1-2H3,(H,14,15). The molecule has 0 radical (unpaired) electrons. The summed E-state index contributed by atoms with van der Waals surface area (Å²) in [5.74, 6) is -1.57. The van der Waals surface area contributed by atoms with Crippen LogP contribution in [0.1, 0.15) is 10.4 Å². The van der Waals surface area contributed by atoms with Gasteiger partial charge in [-0.05, 0) is 26.2 Å². The van der Waals surface area contributed by atoms with Gasteiger partial charge in [0.25, 0.3) is 0 Å². The first kappa shape index (κ1) is 12.4. The van der Waals surface area contributed by atoms with Crippen molar-refractivity contribution < 1.29 is 19.0 Å². The molecular formula is C11H14FNO3. The van der Waals surface area contributed by atoms with Gasteiger partial charge in [-0.15, -0.1) is 0 Å². The predicted molar refractivity (Wildman–Crippen MR) is 57.4 cm³/mol. The van der Waals surface area contributed by atoms with Gasteiger partial charge < -0.3 is 14.7 Å². The molecule has 0 aliphatic rings. The van der Waals surface area contributed by atoms with Crippen LogP contribution in [0, 0.1) is 5.82 Å². The highest BCUT2D eigenvalue weighted by atomic mass is 19.1. The van der Waals surface area contributed by atoms with E-state index in [-0.39, 0.29) is 11.3 Å². The molecule has 16 heavy (non-hydrogen) atoms. The Kier molecular flexibility index (Phi) is 4.25. The molecule has 0 bridgehead atoms. The fourth-order valence-corrected chi connectivity index (χ4v) is 1.13. The van der Waals surface area contributed by atoms with Crippen LogP contribution in [0.25, 0.3) is 0 Å². The number of nitrogens with zero attached hydrogens (tertiary/aromatic N) is 1. The van der Waals surface area contributed by atoms with E-state index >= 15 is 0 Å². The van der Waals surface area contributed by atoms with Crippen LogP contribution >= 0.6 is 0 Å². The molecular weight excluding hydrogens is 213 g/mol. The van der Waals surface area contributed by atoms with Gasteiger partial charge in [0.1, 0.15) is 23.7 Å². The number of likely N-dealkylation sites (N-methyl/N-ethyl adjacent to an activating group) is 1. The second-order valence-corrected chi connectivity index (χ2v) is 3.60. The highest BCUT2D eigenvalue weighted by Gasteiger charge is 2.12. The zero-order valence-electron chi connectivity index (χ0n) is 9.24. The van der Waals surface area contributed by atoms with E-state index in [1.54, 1.807) is 0 Å². The maximum Gasteiger partial charge on any atom is 0.339 e. The second kappa shape index (κ2) is 5.46. The minimum absolute atomic E-state index is 0.0276. The van der Waals surface area contributed by atoms with Crippen LogP contribution in [0.2, 0.25) is 0 Å². The van der Waals surface area contributed by atoms with Crippen LogP contribution in [0.5, 0.6) is 5.75 Å². The Morgan fingerprint density at radius 2 is 2.19 bits per heavy atom. The Morgan fingerprint density at radius 1 is 1.50 bits per heavy atom. The van der Waals surface area contributed by atoms with Gasteiger partial charge >= 0.3 is 5.97 Å². The van der Waals surface area contributed by atoms with E-state index in [0.717, 1.165) is 12.1 Å². The van der Waals surface area contributed by atoms with Crippen molar-refractivity contribution in [3.05, 3.63) is 29.6 Å². The maximum absolute atomic E-state index is 12.9. The first-order valence-electron chi connectivity index (χ1n) is 4.81. The summed E-state index contributed by atoms with van der Waals surface area (Å²) in [5.41, 5.74) is -0.0276. The number of carbonyl (C=O) groups is 1. The first-order chi connectivity index (χ1) is 7.50. The van der Waals surface area contributed by atoms with Crippen molar-refractivity contribution in [1.29, 1.82) is 0 Å². The van der Waals surface area contributed by atoms with Crippen molar-refractivity contribution in [2.45, 2.75) is 0 Å². The molecule has 1 aromatic rings. The highest BCUT2D eigenvalue weighted by Crippen LogP contribution is 2.19. The van der Waals surface area contributed by atoms with Gasteiger partial charge in [0.15, 0.2) is 0 Å². The highest BCUT2D eigenvalue weighted by molar-refractivity contribution is 5.90. The third-order valence-corrected chi connectivity index (χ3v) is 1.97.